The van der Waals surface area contributed by atoms with Crippen molar-refractivity contribution in [3.63, 3.8) is 0 Å². The van der Waals surface area contributed by atoms with Crippen molar-refractivity contribution in [1.29, 1.82) is 10.5 Å². The van der Waals surface area contributed by atoms with Crippen LogP contribution in [0.1, 0.15) is 18.4 Å². The molecule has 1 fully saturated rings. The lowest BCUT2D eigenvalue weighted by molar-refractivity contribution is 0.457. The lowest BCUT2D eigenvalue weighted by Gasteiger charge is -2.20. The normalized spacial score (nSPS) is 14.4. The fraction of sp³-hybridized carbons (Fsp3) is 0.294. The van der Waals surface area contributed by atoms with Gasteiger partial charge in [-0.3, -0.25) is 0 Å². The van der Waals surface area contributed by atoms with Gasteiger partial charge in [-0.05, 0) is 30.7 Å². The molecule has 0 radical (unpaired) electrons. The Labute approximate surface area is 130 Å². The van der Waals surface area contributed by atoms with Gasteiger partial charge >= 0.3 is 0 Å². The molecule has 1 heterocycles. The molecule has 1 aromatic carbocycles. The van der Waals surface area contributed by atoms with Crippen molar-refractivity contribution in [2.45, 2.75) is 12.8 Å². The minimum absolute atomic E-state index is 0.159. The molecule has 1 aliphatic rings. The molecule has 0 unspecified atom stereocenters. The highest BCUT2D eigenvalue weighted by Crippen LogP contribution is 2.28. The summed E-state index contributed by atoms with van der Waals surface area (Å²) in [4.78, 5) is 2.32. The number of rotatable bonds is 4. The van der Waals surface area contributed by atoms with E-state index in [4.69, 9.17) is 0 Å². The standard InChI is InChI=1S/C17H17N3S/c1-21-17(20-9-5-6-10-20)11-16(15(12-18)13-19)14-7-3-2-4-8-14/h2-4,7-8,11H,5-6,9-10H2,1H3/b17-11-. The highest BCUT2D eigenvalue weighted by molar-refractivity contribution is 8.02. The van der Waals surface area contributed by atoms with E-state index in [1.165, 1.54) is 12.8 Å². The lowest BCUT2D eigenvalue weighted by Crippen LogP contribution is -2.16. The molecule has 1 aromatic rings. The van der Waals surface area contributed by atoms with E-state index >= 15 is 0 Å². The van der Waals surface area contributed by atoms with E-state index in [1.807, 2.05) is 54.8 Å². The Bertz CT molecular complexity index is 610. The Balaban J connectivity index is 2.49. The first kappa shape index (κ1) is 15.2. The van der Waals surface area contributed by atoms with Gasteiger partial charge in [-0.15, -0.1) is 11.8 Å². The highest BCUT2D eigenvalue weighted by Gasteiger charge is 2.16. The van der Waals surface area contributed by atoms with E-state index in [0.717, 1.165) is 23.7 Å². The topological polar surface area (TPSA) is 50.8 Å². The summed E-state index contributed by atoms with van der Waals surface area (Å²) < 4.78 is 0. The highest BCUT2D eigenvalue weighted by atomic mass is 32.2. The molecule has 0 bridgehead atoms. The SMILES string of the molecule is CS/C(=C\C(=C(C#N)C#N)c1ccccc1)N1CCCC1. The van der Waals surface area contributed by atoms with Crippen molar-refractivity contribution < 1.29 is 0 Å². The third-order valence-electron chi connectivity index (χ3n) is 3.47. The summed E-state index contributed by atoms with van der Waals surface area (Å²) in [6.07, 6.45) is 6.41. The van der Waals surface area contributed by atoms with Crippen molar-refractivity contribution in [3.8, 4) is 12.1 Å². The summed E-state index contributed by atoms with van der Waals surface area (Å²) in [5.41, 5.74) is 1.77. The fourth-order valence-electron chi connectivity index (χ4n) is 2.40. The molecule has 1 saturated heterocycles. The summed E-state index contributed by atoms with van der Waals surface area (Å²) in [6.45, 7) is 2.09. The van der Waals surface area contributed by atoms with Gasteiger partial charge in [0.2, 0.25) is 0 Å². The third kappa shape index (κ3) is 3.68. The van der Waals surface area contributed by atoms with Gasteiger partial charge in [0, 0.05) is 18.7 Å². The molecule has 21 heavy (non-hydrogen) atoms. The van der Waals surface area contributed by atoms with Crippen LogP contribution in [0.15, 0.2) is 47.0 Å². The number of benzene rings is 1. The maximum absolute atomic E-state index is 9.23. The molecule has 1 aliphatic heterocycles. The van der Waals surface area contributed by atoms with Crippen LogP contribution in [-0.2, 0) is 0 Å². The summed E-state index contributed by atoms with van der Waals surface area (Å²) in [5, 5.41) is 19.6. The van der Waals surface area contributed by atoms with Crippen LogP contribution in [0, 0.1) is 22.7 Å². The van der Waals surface area contributed by atoms with Gasteiger partial charge < -0.3 is 4.90 Å². The molecule has 4 heteroatoms. The predicted octanol–water partition coefficient (Wildman–Crippen LogP) is 3.79. The Morgan fingerprint density at radius 3 is 2.29 bits per heavy atom. The van der Waals surface area contributed by atoms with Gasteiger partial charge in [0.05, 0.1) is 5.03 Å². The molecule has 0 N–H and O–H groups in total. The smallest absolute Gasteiger partial charge is 0.137 e. The second-order valence-corrected chi connectivity index (χ2v) is 5.59. The molecule has 106 valence electrons. The van der Waals surface area contributed by atoms with Crippen LogP contribution in [0.25, 0.3) is 5.57 Å². The van der Waals surface area contributed by atoms with E-state index < -0.39 is 0 Å². The first-order valence-electron chi connectivity index (χ1n) is 6.90. The van der Waals surface area contributed by atoms with E-state index in [2.05, 4.69) is 4.90 Å². The Kier molecular flexibility index (Phi) is 5.49. The van der Waals surface area contributed by atoms with Crippen LogP contribution in [0.5, 0.6) is 0 Å². The summed E-state index contributed by atoms with van der Waals surface area (Å²) in [5.74, 6) is 0. The van der Waals surface area contributed by atoms with Gasteiger partial charge in [-0.2, -0.15) is 10.5 Å². The van der Waals surface area contributed by atoms with Crippen molar-refractivity contribution in [3.05, 3.63) is 52.6 Å². The number of nitriles is 2. The minimum Gasteiger partial charge on any atom is -0.366 e. The van der Waals surface area contributed by atoms with Crippen LogP contribution in [0.4, 0.5) is 0 Å². The van der Waals surface area contributed by atoms with Gasteiger partial charge in [-0.1, -0.05) is 30.3 Å². The van der Waals surface area contributed by atoms with Crippen molar-refractivity contribution in [2.24, 2.45) is 0 Å². The molecule has 0 aliphatic carbocycles. The number of nitrogens with zero attached hydrogens (tertiary/aromatic N) is 3. The zero-order chi connectivity index (χ0) is 15.1. The van der Waals surface area contributed by atoms with Gasteiger partial charge in [0.15, 0.2) is 0 Å². The molecule has 0 saturated carbocycles. The Morgan fingerprint density at radius 1 is 1.14 bits per heavy atom. The van der Waals surface area contributed by atoms with Crippen molar-refractivity contribution >= 4 is 17.3 Å². The first-order valence-corrected chi connectivity index (χ1v) is 8.13. The van der Waals surface area contributed by atoms with E-state index in [9.17, 15) is 10.5 Å². The monoisotopic (exact) mass is 295 g/mol. The predicted molar refractivity (Wildman–Crippen MR) is 87.0 cm³/mol. The van der Waals surface area contributed by atoms with Crippen LogP contribution in [0.3, 0.4) is 0 Å². The molecular formula is C17H17N3S. The number of thioether (sulfide) groups is 1. The average Bonchev–Trinajstić information content (AvgIpc) is 3.06. The number of allylic oxidation sites excluding steroid dienone is 3. The molecular weight excluding hydrogens is 278 g/mol. The maximum Gasteiger partial charge on any atom is 0.137 e. The average molecular weight is 295 g/mol. The first-order chi connectivity index (χ1) is 10.3. The van der Waals surface area contributed by atoms with Crippen molar-refractivity contribution in [2.75, 3.05) is 19.3 Å². The van der Waals surface area contributed by atoms with E-state index in [-0.39, 0.29) is 5.57 Å². The van der Waals surface area contributed by atoms with Gasteiger partial charge in [0.1, 0.15) is 17.7 Å². The molecule has 0 amide bonds. The molecule has 0 atom stereocenters. The second-order valence-electron chi connectivity index (χ2n) is 4.76. The molecule has 3 nitrogen and oxygen atoms in total. The van der Waals surface area contributed by atoms with Crippen LogP contribution >= 0.6 is 11.8 Å². The molecule has 0 spiro atoms. The van der Waals surface area contributed by atoms with Crippen LogP contribution in [0.2, 0.25) is 0 Å². The fourth-order valence-corrected chi connectivity index (χ4v) is 3.08. The maximum atomic E-state index is 9.23. The van der Waals surface area contributed by atoms with Crippen LogP contribution in [-0.4, -0.2) is 24.2 Å². The zero-order valence-corrected chi connectivity index (χ0v) is 12.9. The summed E-state index contributed by atoms with van der Waals surface area (Å²) in [7, 11) is 0. The Morgan fingerprint density at radius 2 is 1.76 bits per heavy atom. The molecule has 2 rings (SSSR count). The lowest BCUT2D eigenvalue weighted by atomic mass is 10.0. The van der Waals surface area contributed by atoms with Crippen molar-refractivity contribution in [1.82, 2.24) is 4.90 Å². The second kappa shape index (κ2) is 7.57. The van der Waals surface area contributed by atoms with Crippen LogP contribution < -0.4 is 0 Å². The number of hydrogen-bond acceptors (Lipinski definition) is 4. The third-order valence-corrected chi connectivity index (χ3v) is 4.27. The van der Waals surface area contributed by atoms with Gasteiger partial charge in [-0.25, -0.2) is 0 Å². The number of hydrogen-bond donors (Lipinski definition) is 0. The quantitative estimate of drug-likeness (QED) is 0.626. The van der Waals surface area contributed by atoms with E-state index in [0.29, 0.717) is 5.57 Å². The summed E-state index contributed by atoms with van der Waals surface area (Å²) >= 11 is 1.66. The van der Waals surface area contributed by atoms with Gasteiger partial charge in [0.25, 0.3) is 0 Å². The summed E-state index contributed by atoms with van der Waals surface area (Å²) in [6, 6.07) is 13.7. The largest absolute Gasteiger partial charge is 0.366 e. The van der Waals surface area contributed by atoms with E-state index in [1.54, 1.807) is 11.8 Å². The number of likely N-dealkylation sites (tertiary alicyclic amines) is 1. The minimum atomic E-state index is 0.159. The zero-order valence-electron chi connectivity index (χ0n) is 12.0. The molecule has 0 aromatic heterocycles. The Hall–Kier alpha value is -2.17.